The molecule has 0 aliphatic rings. The van der Waals surface area contributed by atoms with Gasteiger partial charge < -0.3 is 15.5 Å². The standard InChI is InChI=1S/C10H23N3O/c1-6-13(10(14)9(3)11)8(2)7-12(4)5/h8-9H,6-7,11H2,1-5H3. The van der Waals surface area contributed by atoms with Gasteiger partial charge in [-0.3, -0.25) is 4.79 Å². The molecular formula is C10H23N3O. The quantitative estimate of drug-likeness (QED) is 0.688. The van der Waals surface area contributed by atoms with E-state index in [2.05, 4.69) is 4.90 Å². The summed E-state index contributed by atoms with van der Waals surface area (Å²) in [6.45, 7) is 7.34. The second kappa shape index (κ2) is 5.98. The third-order valence-electron chi connectivity index (χ3n) is 2.17. The molecule has 0 heterocycles. The smallest absolute Gasteiger partial charge is 0.239 e. The van der Waals surface area contributed by atoms with Crippen LogP contribution < -0.4 is 5.73 Å². The highest BCUT2D eigenvalue weighted by Crippen LogP contribution is 2.02. The Morgan fingerprint density at radius 1 is 1.36 bits per heavy atom. The molecule has 0 spiro atoms. The van der Waals surface area contributed by atoms with E-state index < -0.39 is 6.04 Å². The van der Waals surface area contributed by atoms with Crippen molar-refractivity contribution in [1.82, 2.24) is 9.80 Å². The minimum Gasteiger partial charge on any atom is -0.338 e. The second-order valence-corrected chi connectivity index (χ2v) is 4.02. The zero-order valence-corrected chi connectivity index (χ0v) is 9.95. The van der Waals surface area contributed by atoms with Gasteiger partial charge in [-0.05, 0) is 34.9 Å². The first kappa shape index (κ1) is 13.4. The van der Waals surface area contributed by atoms with Gasteiger partial charge in [-0.15, -0.1) is 0 Å². The van der Waals surface area contributed by atoms with Crippen molar-refractivity contribution in [2.45, 2.75) is 32.9 Å². The second-order valence-electron chi connectivity index (χ2n) is 4.02. The highest BCUT2D eigenvalue weighted by molar-refractivity contribution is 5.81. The molecule has 0 saturated heterocycles. The molecular weight excluding hydrogens is 178 g/mol. The average Bonchev–Trinajstić information content (AvgIpc) is 2.03. The van der Waals surface area contributed by atoms with Crippen LogP contribution in [0.2, 0.25) is 0 Å². The van der Waals surface area contributed by atoms with Gasteiger partial charge in [0, 0.05) is 19.1 Å². The normalized spacial score (nSPS) is 15.4. The Kier molecular flexibility index (Phi) is 5.72. The molecule has 0 aromatic rings. The van der Waals surface area contributed by atoms with Crippen LogP contribution in [0.4, 0.5) is 0 Å². The summed E-state index contributed by atoms with van der Waals surface area (Å²) < 4.78 is 0. The van der Waals surface area contributed by atoms with Crippen molar-refractivity contribution in [1.29, 1.82) is 0 Å². The van der Waals surface area contributed by atoms with Crippen molar-refractivity contribution in [3.63, 3.8) is 0 Å². The van der Waals surface area contributed by atoms with E-state index in [0.29, 0.717) is 0 Å². The molecule has 84 valence electrons. The van der Waals surface area contributed by atoms with E-state index in [1.54, 1.807) is 6.92 Å². The fourth-order valence-corrected chi connectivity index (χ4v) is 1.57. The molecule has 0 aromatic carbocycles. The highest BCUT2D eigenvalue weighted by atomic mass is 16.2. The Bertz CT molecular complexity index is 180. The van der Waals surface area contributed by atoms with Crippen molar-refractivity contribution in [3.05, 3.63) is 0 Å². The molecule has 4 heteroatoms. The van der Waals surface area contributed by atoms with Crippen LogP contribution in [-0.2, 0) is 4.79 Å². The molecule has 0 aliphatic heterocycles. The lowest BCUT2D eigenvalue weighted by atomic mass is 10.2. The lowest BCUT2D eigenvalue weighted by molar-refractivity contribution is -0.134. The number of hydrogen-bond acceptors (Lipinski definition) is 3. The van der Waals surface area contributed by atoms with Crippen LogP contribution in [0.25, 0.3) is 0 Å². The van der Waals surface area contributed by atoms with Crippen molar-refractivity contribution < 1.29 is 4.79 Å². The van der Waals surface area contributed by atoms with Crippen LogP contribution in [0.5, 0.6) is 0 Å². The molecule has 0 fully saturated rings. The number of hydrogen-bond donors (Lipinski definition) is 1. The Morgan fingerprint density at radius 2 is 1.86 bits per heavy atom. The summed E-state index contributed by atoms with van der Waals surface area (Å²) in [7, 11) is 4.00. The first-order chi connectivity index (χ1) is 6.40. The molecule has 0 rings (SSSR count). The lowest BCUT2D eigenvalue weighted by Crippen LogP contribution is -2.49. The van der Waals surface area contributed by atoms with Crippen LogP contribution in [0.1, 0.15) is 20.8 Å². The maximum absolute atomic E-state index is 11.7. The van der Waals surface area contributed by atoms with Gasteiger partial charge in [0.15, 0.2) is 0 Å². The zero-order valence-electron chi connectivity index (χ0n) is 9.95. The third kappa shape index (κ3) is 4.07. The zero-order chi connectivity index (χ0) is 11.3. The van der Waals surface area contributed by atoms with Gasteiger partial charge in [0.05, 0.1) is 6.04 Å². The molecule has 4 nitrogen and oxygen atoms in total. The van der Waals surface area contributed by atoms with Crippen molar-refractivity contribution in [3.8, 4) is 0 Å². The first-order valence-corrected chi connectivity index (χ1v) is 5.10. The highest BCUT2D eigenvalue weighted by Gasteiger charge is 2.21. The fraction of sp³-hybridized carbons (Fsp3) is 0.900. The summed E-state index contributed by atoms with van der Waals surface area (Å²) in [5.41, 5.74) is 5.58. The summed E-state index contributed by atoms with van der Waals surface area (Å²) in [6.07, 6.45) is 0. The van der Waals surface area contributed by atoms with E-state index in [0.717, 1.165) is 13.1 Å². The van der Waals surface area contributed by atoms with Crippen molar-refractivity contribution in [2.24, 2.45) is 5.73 Å². The molecule has 0 aromatic heterocycles. The van der Waals surface area contributed by atoms with Gasteiger partial charge in [0.2, 0.25) is 5.91 Å². The third-order valence-corrected chi connectivity index (χ3v) is 2.17. The van der Waals surface area contributed by atoms with E-state index >= 15 is 0 Å². The Balaban J connectivity index is 4.32. The number of nitrogens with zero attached hydrogens (tertiary/aromatic N) is 2. The lowest BCUT2D eigenvalue weighted by Gasteiger charge is -2.31. The van der Waals surface area contributed by atoms with E-state index in [1.807, 2.05) is 32.8 Å². The Morgan fingerprint density at radius 3 is 2.14 bits per heavy atom. The van der Waals surface area contributed by atoms with Gasteiger partial charge in [-0.2, -0.15) is 0 Å². The molecule has 2 atom stereocenters. The molecule has 2 unspecified atom stereocenters. The number of nitrogens with two attached hydrogens (primary N) is 1. The van der Waals surface area contributed by atoms with Gasteiger partial charge in [0.1, 0.15) is 0 Å². The van der Waals surface area contributed by atoms with Gasteiger partial charge in [-0.25, -0.2) is 0 Å². The van der Waals surface area contributed by atoms with E-state index in [9.17, 15) is 4.79 Å². The summed E-state index contributed by atoms with van der Waals surface area (Å²) in [6, 6.07) is -0.187. The van der Waals surface area contributed by atoms with Crippen molar-refractivity contribution >= 4 is 5.91 Å². The average molecular weight is 201 g/mol. The molecule has 0 bridgehead atoms. The molecule has 0 radical (unpaired) electrons. The number of amides is 1. The van der Waals surface area contributed by atoms with Gasteiger partial charge in [0.25, 0.3) is 0 Å². The summed E-state index contributed by atoms with van der Waals surface area (Å²) >= 11 is 0. The van der Waals surface area contributed by atoms with Crippen molar-refractivity contribution in [2.75, 3.05) is 27.2 Å². The number of rotatable bonds is 5. The van der Waals surface area contributed by atoms with Crippen LogP contribution >= 0.6 is 0 Å². The number of carbonyl (C=O) groups excluding carboxylic acids is 1. The maximum atomic E-state index is 11.7. The fourth-order valence-electron chi connectivity index (χ4n) is 1.57. The minimum absolute atomic E-state index is 0.0295. The van der Waals surface area contributed by atoms with Crippen LogP contribution in [-0.4, -0.2) is 55.0 Å². The van der Waals surface area contributed by atoms with E-state index in [1.165, 1.54) is 0 Å². The Hall–Kier alpha value is -0.610. The number of carbonyl (C=O) groups is 1. The van der Waals surface area contributed by atoms with Crippen LogP contribution in [0, 0.1) is 0 Å². The topological polar surface area (TPSA) is 49.6 Å². The molecule has 0 aliphatic carbocycles. The summed E-state index contributed by atoms with van der Waals surface area (Å²) in [4.78, 5) is 15.6. The monoisotopic (exact) mass is 201 g/mol. The minimum atomic E-state index is -0.403. The maximum Gasteiger partial charge on any atom is 0.239 e. The first-order valence-electron chi connectivity index (χ1n) is 5.10. The van der Waals surface area contributed by atoms with E-state index in [-0.39, 0.29) is 11.9 Å². The molecule has 0 saturated carbocycles. The number of likely N-dealkylation sites (N-methyl/N-ethyl adjacent to an activating group) is 2. The summed E-state index contributed by atoms with van der Waals surface area (Å²) in [5.74, 6) is 0.0295. The predicted molar refractivity (Wildman–Crippen MR) is 59.1 cm³/mol. The van der Waals surface area contributed by atoms with Crippen LogP contribution in [0.3, 0.4) is 0 Å². The molecule has 1 amide bonds. The van der Waals surface area contributed by atoms with Gasteiger partial charge >= 0.3 is 0 Å². The molecule has 14 heavy (non-hydrogen) atoms. The Labute approximate surface area is 87.0 Å². The predicted octanol–water partition coefficient (Wildman–Crippen LogP) is 0.132. The SMILES string of the molecule is CCN(C(=O)C(C)N)C(C)CN(C)C. The molecule has 2 N–H and O–H groups in total. The van der Waals surface area contributed by atoms with Crippen LogP contribution in [0.15, 0.2) is 0 Å². The van der Waals surface area contributed by atoms with Gasteiger partial charge in [-0.1, -0.05) is 0 Å². The largest absolute Gasteiger partial charge is 0.338 e. The summed E-state index contributed by atoms with van der Waals surface area (Å²) in [5, 5.41) is 0. The van der Waals surface area contributed by atoms with E-state index in [4.69, 9.17) is 5.73 Å².